The molecule has 0 bridgehead atoms. The third kappa shape index (κ3) is 3.24. The zero-order chi connectivity index (χ0) is 16.6. The molecule has 1 aliphatic heterocycles. The average molecular weight is 330 g/mol. The van der Waals surface area contributed by atoms with Gasteiger partial charge in [0.25, 0.3) is 5.56 Å². The second kappa shape index (κ2) is 5.95. The molecule has 126 valence electrons. The quantitative estimate of drug-likeness (QED) is 0.936. The van der Waals surface area contributed by atoms with Crippen molar-refractivity contribution in [3.05, 3.63) is 22.4 Å². The van der Waals surface area contributed by atoms with Gasteiger partial charge in [0, 0.05) is 19.6 Å². The van der Waals surface area contributed by atoms with E-state index >= 15 is 0 Å². The zero-order valence-electron chi connectivity index (χ0n) is 12.6. The van der Waals surface area contributed by atoms with Crippen LogP contribution >= 0.6 is 0 Å². The van der Waals surface area contributed by atoms with E-state index in [0.29, 0.717) is 24.2 Å². The Morgan fingerprint density at radius 3 is 2.78 bits per heavy atom. The van der Waals surface area contributed by atoms with Gasteiger partial charge in [-0.2, -0.15) is 18.3 Å². The van der Waals surface area contributed by atoms with E-state index in [-0.39, 0.29) is 18.3 Å². The molecule has 1 saturated heterocycles. The molecule has 3 heterocycles. The summed E-state index contributed by atoms with van der Waals surface area (Å²) in [5.41, 5.74) is -0.122. The van der Waals surface area contributed by atoms with E-state index in [9.17, 15) is 18.0 Å². The SMILES string of the molecule is CC(Cc1nc2c(cnn2C2CCOCC2)c(=O)[nH]1)C(F)(F)F. The Balaban J connectivity index is 1.97. The third-order valence-electron chi connectivity index (χ3n) is 4.11. The van der Waals surface area contributed by atoms with Crippen molar-refractivity contribution in [2.75, 3.05) is 13.2 Å². The number of ether oxygens (including phenoxy) is 1. The smallest absolute Gasteiger partial charge is 0.381 e. The van der Waals surface area contributed by atoms with E-state index in [1.165, 1.54) is 6.20 Å². The van der Waals surface area contributed by atoms with Gasteiger partial charge in [-0.1, -0.05) is 6.92 Å². The van der Waals surface area contributed by atoms with Crippen LogP contribution in [0.1, 0.15) is 31.6 Å². The minimum atomic E-state index is -4.32. The van der Waals surface area contributed by atoms with E-state index in [1.807, 2.05) is 0 Å². The van der Waals surface area contributed by atoms with Gasteiger partial charge in [-0.15, -0.1) is 0 Å². The number of fused-ring (bicyclic) bond motifs is 1. The molecule has 0 spiro atoms. The Labute approximate surface area is 129 Å². The van der Waals surface area contributed by atoms with Crippen LogP contribution in [0.25, 0.3) is 11.0 Å². The number of aromatic nitrogens is 4. The van der Waals surface area contributed by atoms with E-state index in [2.05, 4.69) is 15.1 Å². The predicted octanol–water partition coefficient (Wildman–Crippen LogP) is 2.21. The lowest BCUT2D eigenvalue weighted by atomic mass is 10.1. The van der Waals surface area contributed by atoms with E-state index < -0.39 is 17.7 Å². The van der Waals surface area contributed by atoms with E-state index in [0.717, 1.165) is 19.8 Å². The van der Waals surface area contributed by atoms with Gasteiger partial charge >= 0.3 is 6.18 Å². The molecule has 2 aromatic rings. The van der Waals surface area contributed by atoms with Crippen molar-refractivity contribution < 1.29 is 17.9 Å². The first-order chi connectivity index (χ1) is 10.9. The highest BCUT2D eigenvalue weighted by Gasteiger charge is 2.36. The van der Waals surface area contributed by atoms with Crippen LogP contribution in [0.3, 0.4) is 0 Å². The monoisotopic (exact) mass is 330 g/mol. The van der Waals surface area contributed by atoms with Crippen LogP contribution in [-0.4, -0.2) is 39.1 Å². The van der Waals surface area contributed by atoms with Crippen LogP contribution < -0.4 is 5.56 Å². The Morgan fingerprint density at radius 2 is 2.13 bits per heavy atom. The molecule has 0 saturated carbocycles. The average Bonchev–Trinajstić information content (AvgIpc) is 2.91. The molecule has 3 rings (SSSR count). The molecule has 0 amide bonds. The Morgan fingerprint density at radius 1 is 1.43 bits per heavy atom. The lowest BCUT2D eigenvalue weighted by Gasteiger charge is -2.22. The highest BCUT2D eigenvalue weighted by Crippen LogP contribution is 2.28. The molecular formula is C14H17F3N4O2. The Hall–Kier alpha value is -1.90. The number of hydrogen-bond donors (Lipinski definition) is 1. The van der Waals surface area contributed by atoms with Gasteiger partial charge in [-0.05, 0) is 12.8 Å². The molecule has 9 heteroatoms. The number of aromatic amines is 1. The number of nitrogens with one attached hydrogen (secondary N) is 1. The standard InChI is InChI=1S/C14H17F3N4O2/c1-8(14(15,16)17)6-11-19-12-10(13(22)20-11)7-18-21(12)9-2-4-23-5-3-9/h7-9H,2-6H2,1H3,(H,19,20,22). The first-order valence-electron chi connectivity index (χ1n) is 7.47. The minimum absolute atomic E-state index is 0.0288. The third-order valence-corrected chi connectivity index (χ3v) is 4.11. The van der Waals surface area contributed by atoms with Gasteiger partial charge in [-0.3, -0.25) is 4.79 Å². The number of H-pyrrole nitrogens is 1. The lowest BCUT2D eigenvalue weighted by Crippen LogP contribution is -2.25. The maximum absolute atomic E-state index is 12.7. The van der Waals surface area contributed by atoms with Crippen LogP contribution in [0.4, 0.5) is 13.2 Å². The van der Waals surface area contributed by atoms with Gasteiger partial charge in [-0.25, -0.2) is 9.67 Å². The maximum Gasteiger partial charge on any atom is 0.391 e. The molecule has 1 fully saturated rings. The summed E-state index contributed by atoms with van der Waals surface area (Å²) < 4.78 is 45.1. The molecule has 0 aliphatic carbocycles. The zero-order valence-corrected chi connectivity index (χ0v) is 12.6. The molecule has 0 aromatic carbocycles. The first-order valence-corrected chi connectivity index (χ1v) is 7.47. The summed E-state index contributed by atoms with van der Waals surface area (Å²) in [5.74, 6) is -1.55. The molecule has 0 radical (unpaired) electrons. The summed E-state index contributed by atoms with van der Waals surface area (Å²) >= 11 is 0. The van der Waals surface area contributed by atoms with Crippen molar-refractivity contribution in [2.24, 2.45) is 5.92 Å². The molecule has 1 N–H and O–H groups in total. The Bertz CT molecular complexity index is 747. The molecule has 23 heavy (non-hydrogen) atoms. The summed E-state index contributed by atoms with van der Waals surface area (Å²) in [5, 5.41) is 4.50. The number of nitrogens with zero attached hydrogens (tertiary/aromatic N) is 3. The lowest BCUT2D eigenvalue weighted by molar-refractivity contribution is -0.169. The fourth-order valence-electron chi connectivity index (χ4n) is 2.68. The van der Waals surface area contributed by atoms with Crippen LogP contribution in [0.2, 0.25) is 0 Å². The van der Waals surface area contributed by atoms with Crippen LogP contribution in [0, 0.1) is 5.92 Å². The number of hydrogen-bond acceptors (Lipinski definition) is 4. The van der Waals surface area contributed by atoms with Crippen molar-refractivity contribution in [3.63, 3.8) is 0 Å². The fourth-order valence-corrected chi connectivity index (χ4v) is 2.68. The molecule has 1 unspecified atom stereocenters. The predicted molar refractivity (Wildman–Crippen MR) is 76.2 cm³/mol. The van der Waals surface area contributed by atoms with E-state index in [4.69, 9.17) is 4.74 Å². The van der Waals surface area contributed by atoms with Gasteiger partial charge in [0.15, 0.2) is 5.65 Å². The molecular weight excluding hydrogens is 313 g/mol. The summed E-state index contributed by atoms with van der Waals surface area (Å²) in [7, 11) is 0. The number of alkyl halides is 3. The van der Waals surface area contributed by atoms with Crippen LogP contribution in [0.15, 0.2) is 11.0 Å². The summed E-state index contributed by atoms with van der Waals surface area (Å²) in [6.07, 6.45) is -1.81. The molecule has 6 nitrogen and oxygen atoms in total. The highest BCUT2D eigenvalue weighted by atomic mass is 19.4. The molecule has 1 atom stereocenters. The molecule has 1 aliphatic rings. The highest BCUT2D eigenvalue weighted by molar-refractivity contribution is 5.73. The topological polar surface area (TPSA) is 72.8 Å². The Kier molecular flexibility index (Phi) is 4.13. The second-order valence-electron chi connectivity index (χ2n) is 5.83. The van der Waals surface area contributed by atoms with Crippen molar-refractivity contribution in [3.8, 4) is 0 Å². The normalized spacial score (nSPS) is 18.4. The maximum atomic E-state index is 12.7. The number of rotatable bonds is 3. The fraction of sp³-hybridized carbons (Fsp3) is 0.643. The van der Waals surface area contributed by atoms with Crippen LogP contribution in [0.5, 0.6) is 0 Å². The summed E-state index contributed by atoms with van der Waals surface area (Å²) in [6.45, 7) is 2.25. The van der Waals surface area contributed by atoms with Gasteiger partial charge in [0.05, 0.1) is 18.2 Å². The van der Waals surface area contributed by atoms with Gasteiger partial charge in [0.2, 0.25) is 0 Å². The van der Waals surface area contributed by atoms with Crippen LogP contribution in [-0.2, 0) is 11.2 Å². The largest absolute Gasteiger partial charge is 0.391 e. The van der Waals surface area contributed by atoms with Crippen molar-refractivity contribution in [1.82, 2.24) is 19.7 Å². The number of halogens is 3. The van der Waals surface area contributed by atoms with E-state index in [1.54, 1.807) is 4.68 Å². The second-order valence-corrected chi connectivity index (χ2v) is 5.83. The van der Waals surface area contributed by atoms with Crippen molar-refractivity contribution in [2.45, 2.75) is 38.4 Å². The van der Waals surface area contributed by atoms with Crippen molar-refractivity contribution >= 4 is 11.0 Å². The summed E-state index contributed by atoms with van der Waals surface area (Å²) in [4.78, 5) is 18.7. The van der Waals surface area contributed by atoms with Crippen molar-refractivity contribution in [1.29, 1.82) is 0 Å². The minimum Gasteiger partial charge on any atom is -0.381 e. The molecule has 2 aromatic heterocycles. The summed E-state index contributed by atoms with van der Waals surface area (Å²) in [6, 6.07) is 0.0449. The van der Waals surface area contributed by atoms with Gasteiger partial charge in [0.1, 0.15) is 11.2 Å². The first kappa shape index (κ1) is 16.0. The van der Waals surface area contributed by atoms with Gasteiger partial charge < -0.3 is 9.72 Å².